The number of hydrogen-bond donors (Lipinski definition) is 1. The van der Waals surface area contributed by atoms with E-state index in [2.05, 4.69) is 22.4 Å². The fraction of sp³-hybridized carbons (Fsp3) is 0.833. The average molecular weight is 255 g/mol. The van der Waals surface area contributed by atoms with Crippen LogP contribution in [0.25, 0.3) is 0 Å². The van der Waals surface area contributed by atoms with Crippen LogP contribution in [0.5, 0.6) is 0 Å². The third-order valence-corrected chi connectivity index (χ3v) is 4.24. The van der Waals surface area contributed by atoms with Gasteiger partial charge in [0.2, 0.25) is 5.89 Å². The Morgan fingerprint density at radius 1 is 1.41 bits per heavy atom. The molecule has 1 aliphatic rings. The summed E-state index contributed by atoms with van der Waals surface area (Å²) in [7, 11) is 2.02. The van der Waals surface area contributed by atoms with Gasteiger partial charge in [-0.1, -0.05) is 24.9 Å². The van der Waals surface area contributed by atoms with Crippen LogP contribution in [-0.4, -0.2) is 29.0 Å². The van der Waals surface area contributed by atoms with Gasteiger partial charge >= 0.3 is 0 Å². The summed E-state index contributed by atoms with van der Waals surface area (Å²) in [4.78, 5) is 4.53. The molecule has 2 rings (SSSR count). The molecule has 1 aromatic heterocycles. The van der Waals surface area contributed by atoms with Crippen LogP contribution >= 0.6 is 11.8 Å². The minimum absolute atomic E-state index is 0.404. The molecule has 0 radical (unpaired) electrons. The molecule has 0 aliphatic heterocycles. The first-order chi connectivity index (χ1) is 8.35. The highest BCUT2D eigenvalue weighted by atomic mass is 32.2. The van der Waals surface area contributed by atoms with Crippen molar-refractivity contribution in [3.05, 3.63) is 11.7 Å². The molecule has 5 heteroatoms. The van der Waals surface area contributed by atoms with Gasteiger partial charge in [0.05, 0.1) is 11.7 Å². The summed E-state index contributed by atoms with van der Waals surface area (Å²) >= 11 is 1.83. The Morgan fingerprint density at radius 2 is 2.24 bits per heavy atom. The molecule has 1 N–H and O–H groups in total. The van der Waals surface area contributed by atoms with Crippen molar-refractivity contribution in [2.24, 2.45) is 0 Å². The Kier molecular flexibility index (Phi) is 4.86. The van der Waals surface area contributed by atoms with E-state index in [1.54, 1.807) is 0 Å². The van der Waals surface area contributed by atoms with Crippen molar-refractivity contribution in [2.75, 3.05) is 12.8 Å². The standard InChI is InChI=1S/C12H21N3OS/c1-3-17-8-11-14-12(16-15-11)9-6-4-5-7-10(9)13-2/h9-10,13H,3-8H2,1-2H3. The lowest BCUT2D eigenvalue weighted by molar-refractivity contribution is 0.270. The molecule has 96 valence electrons. The second-order valence-electron chi connectivity index (χ2n) is 4.47. The number of nitrogens with one attached hydrogen (secondary N) is 1. The van der Waals surface area contributed by atoms with Gasteiger partial charge in [0.25, 0.3) is 0 Å². The SMILES string of the molecule is CCSCc1noc(C2CCCCC2NC)n1. The fourth-order valence-electron chi connectivity index (χ4n) is 2.44. The summed E-state index contributed by atoms with van der Waals surface area (Å²) in [6.45, 7) is 2.14. The van der Waals surface area contributed by atoms with Crippen LogP contribution in [-0.2, 0) is 5.75 Å². The zero-order valence-corrected chi connectivity index (χ0v) is 11.4. The van der Waals surface area contributed by atoms with E-state index >= 15 is 0 Å². The molecule has 2 unspecified atom stereocenters. The van der Waals surface area contributed by atoms with Crippen LogP contribution in [0.15, 0.2) is 4.52 Å². The maximum atomic E-state index is 5.42. The van der Waals surface area contributed by atoms with Gasteiger partial charge in [-0.25, -0.2) is 0 Å². The van der Waals surface area contributed by atoms with Crippen LogP contribution in [0.1, 0.15) is 50.2 Å². The van der Waals surface area contributed by atoms with Crippen molar-refractivity contribution in [2.45, 2.75) is 50.3 Å². The second kappa shape index (κ2) is 6.40. The third-order valence-electron chi connectivity index (χ3n) is 3.37. The number of hydrogen-bond acceptors (Lipinski definition) is 5. The Morgan fingerprint density at radius 3 is 3.00 bits per heavy atom. The van der Waals surface area contributed by atoms with E-state index in [9.17, 15) is 0 Å². The van der Waals surface area contributed by atoms with E-state index in [1.807, 2.05) is 18.8 Å². The number of likely N-dealkylation sites (N-methyl/N-ethyl adjacent to an activating group) is 1. The molecule has 17 heavy (non-hydrogen) atoms. The number of thioether (sulfide) groups is 1. The highest BCUT2D eigenvalue weighted by Gasteiger charge is 2.29. The molecular formula is C12H21N3OS. The van der Waals surface area contributed by atoms with Gasteiger partial charge in [-0.3, -0.25) is 0 Å². The maximum absolute atomic E-state index is 5.42. The first-order valence-corrected chi connectivity index (χ1v) is 7.58. The minimum Gasteiger partial charge on any atom is -0.339 e. The lowest BCUT2D eigenvalue weighted by Crippen LogP contribution is -2.34. The largest absolute Gasteiger partial charge is 0.339 e. The van der Waals surface area contributed by atoms with E-state index in [1.165, 1.54) is 19.3 Å². The van der Waals surface area contributed by atoms with Crippen molar-refractivity contribution < 1.29 is 4.52 Å². The Balaban J connectivity index is 2.02. The van der Waals surface area contributed by atoms with Gasteiger partial charge in [-0.05, 0) is 25.6 Å². The molecule has 4 nitrogen and oxygen atoms in total. The van der Waals surface area contributed by atoms with Crippen LogP contribution < -0.4 is 5.32 Å². The minimum atomic E-state index is 0.404. The molecule has 1 aromatic rings. The first kappa shape index (κ1) is 12.9. The average Bonchev–Trinajstić information content (AvgIpc) is 2.85. The lowest BCUT2D eigenvalue weighted by Gasteiger charge is -2.28. The fourth-order valence-corrected chi connectivity index (χ4v) is 2.95. The maximum Gasteiger partial charge on any atom is 0.231 e. The number of nitrogens with zero attached hydrogens (tertiary/aromatic N) is 2. The predicted molar refractivity (Wildman–Crippen MR) is 70.2 cm³/mol. The first-order valence-electron chi connectivity index (χ1n) is 6.42. The topological polar surface area (TPSA) is 51.0 Å². The van der Waals surface area contributed by atoms with Crippen LogP contribution in [0.4, 0.5) is 0 Å². The van der Waals surface area contributed by atoms with Gasteiger partial charge in [0, 0.05) is 6.04 Å². The summed E-state index contributed by atoms with van der Waals surface area (Å²) in [6.07, 6.45) is 4.94. The van der Waals surface area contributed by atoms with E-state index in [0.717, 1.165) is 29.6 Å². The van der Waals surface area contributed by atoms with Crippen LogP contribution in [0.2, 0.25) is 0 Å². The van der Waals surface area contributed by atoms with Crippen molar-refractivity contribution in [3.8, 4) is 0 Å². The summed E-state index contributed by atoms with van der Waals surface area (Å²) in [5, 5.41) is 7.43. The van der Waals surface area contributed by atoms with E-state index in [4.69, 9.17) is 4.52 Å². The summed E-state index contributed by atoms with van der Waals surface area (Å²) in [6, 6.07) is 0.496. The molecule has 2 atom stereocenters. The smallest absolute Gasteiger partial charge is 0.231 e. The molecule has 1 aliphatic carbocycles. The molecule has 0 aromatic carbocycles. The van der Waals surface area contributed by atoms with Crippen molar-refractivity contribution in [3.63, 3.8) is 0 Å². The summed E-state index contributed by atoms with van der Waals surface area (Å²) < 4.78 is 5.42. The summed E-state index contributed by atoms with van der Waals surface area (Å²) in [5.41, 5.74) is 0. The van der Waals surface area contributed by atoms with E-state index in [-0.39, 0.29) is 0 Å². The number of rotatable bonds is 5. The lowest BCUT2D eigenvalue weighted by atomic mass is 9.84. The quantitative estimate of drug-likeness (QED) is 0.876. The Bertz CT molecular complexity index is 342. The highest BCUT2D eigenvalue weighted by molar-refractivity contribution is 7.98. The van der Waals surface area contributed by atoms with E-state index in [0.29, 0.717) is 12.0 Å². The molecule has 1 saturated carbocycles. The molecule has 1 heterocycles. The molecule has 0 saturated heterocycles. The van der Waals surface area contributed by atoms with Gasteiger partial charge in [-0.15, -0.1) is 0 Å². The highest BCUT2D eigenvalue weighted by Crippen LogP contribution is 2.32. The van der Waals surface area contributed by atoms with E-state index < -0.39 is 0 Å². The zero-order valence-electron chi connectivity index (χ0n) is 10.6. The number of aromatic nitrogens is 2. The Hall–Kier alpha value is -0.550. The van der Waals surface area contributed by atoms with Crippen molar-refractivity contribution in [1.29, 1.82) is 0 Å². The van der Waals surface area contributed by atoms with Crippen LogP contribution in [0.3, 0.4) is 0 Å². The van der Waals surface area contributed by atoms with Crippen molar-refractivity contribution >= 4 is 11.8 Å². The third kappa shape index (κ3) is 3.22. The zero-order chi connectivity index (χ0) is 12.1. The van der Waals surface area contributed by atoms with Gasteiger partial charge in [-0.2, -0.15) is 16.7 Å². The summed E-state index contributed by atoms with van der Waals surface area (Å²) in [5.74, 6) is 4.02. The molecular weight excluding hydrogens is 234 g/mol. The molecule has 0 bridgehead atoms. The Labute approximate surface area is 107 Å². The molecule has 0 spiro atoms. The molecule has 1 fully saturated rings. The van der Waals surface area contributed by atoms with Crippen molar-refractivity contribution in [1.82, 2.24) is 15.5 Å². The predicted octanol–water partition coefficient (Wildman–Crippen LogP) is 2.57. The van der Waals surface area contributed by atoms with Gasteiger partial charge in [0.1, 0.15) is 0 Å². The monoisotopic (exact) mass is 255 g/mol. The van der Waals surface area contributed by atoms with Crippen LogP contribution in [0, 0.1) is 0 Å². The van der Waals surface area contributed by atoms with Gasteiger partial charge in [0.15, 0.2) is 5.82 Å². The molecule has 0 amide bonds. The normalized spacial score (nSPS) is 25.1. The van der Waals surface area contributed by atoms with Gasteiger partial charge < -0.3 is 9.84 Å². The second-order valence-corrected chi connectivity index (χ2v) is 5.75.